The molecule has 20 heavy (non-hydrogen) atoms. The molecule has 4 N–H and O–H groups in total. The minimum absolute atomic E-state index is 0.0854. The van der Waals surface area contributed by atoms with Crippen molar-refractivity contribution >= 4 is 27.3 Å². The summed E-state index contributed by atoms with van der Waals surface area (Å²) in [6.45, 7) is 4.99. The molecule has 0 atom stereocenters. The van der Waals surface area contributed by atoms with Gasteiger partial charge in [0.25, 0.3) is 0 Å². The molecule has 0 aliphatic heterocycles. The maximum Gasteiger partial charge on any atom is 0.250 e. The summed E-state index contributed by atoms with van der Waals surface area (Å²) < 4.78 is 26.5. The first kappa shape index (κ1) is 17.1. The maximum atomic E-state index is 11.9. The van der Waals surface area contributed by atoms with E-state index in [0.29, 0.717) is 19.0 Å². The number of thiophene rings is 1. The van der Waals surface area contributed by atoms with E-state index in [2.05, 4.69) is 10.0 Å². The van der Waals surface area contributed by atoms with E-state index in [-0.39, 0.29) is 23.1 Å². The largest absolute Gasteiger partial charge is 0.356 e. The van der Waals surface area contributed by atoms with Crippen molar-refractivity contribution in [2.45, 2.75) is 31.0 Å². The average Bonchev–Trinajstić information content (AvgIpc) is 2.85. The van der Waals surface area contributed by atoms with Crippen LogP contribution in [0.3, 0.4) is 0 Å². The van der Waals surface area contributed by atoms with E-state index >= 15 is 0 Å². The molecule has 1 heterocycles. The van der Waals surface area contributed by atoms with E-state index in [0.717, 1.165) is 16.2 Å². The maximum absolute atomic E-state index is 11.9. The van der Waals surface area contributed by atoms with Gasteiger partial charge in [-0.3, -0.25) is 4.79 Å². The lowest BCUT2D eigenvalue weighted by Crippen LogP contribution is -2.32. The van der Waals surface area contributed by atoms with Gasteiger partial charge in [-0.25, -0.2) is 13.1 Å². The third-order valence-electron chi connectivity index (χ3n) is 2.45. The first-order valence-corrected chi connectivity index (χ1v) is 8.70. The molecular weight excluding hydrogens is 298 g/mol. The highest BCUT2D eigenvalue weighted by Crippen LogP contribution is 2.20. The Labute approximate surface area is 123 Å². The van der Waals surface area contributed by atoms with Crippen LogP contribution in [0.15, 0.2) is 16.3 Å². The van der Waals surface area contributed by atoms with Gasteiger partial charge in [-0.1, -0.05) is 13.8 Å². The van der Waals surface area contributed by atoms with Crippen LogP contribution in [0.25, 0.3) is 0 Å². The summed E-state index contributed by atoms with van der Waals surface area (Å²) in [6.07, 6.45) is 0.126. The molecule has 1 aromatic heterocycles. The SMILES string of the molecule is CC(C)CNC(=O)CCNS(=O)(=O)c1ccc(CN)s1. The molecule has 0 saturated heterocycles. The Bertz CT molecular complexity index is 538. The van der Waals surface area contributed by atoms with Gasteiger partial charge in [0.05, 0.1) is 0 Å². The van der Waals surface area contributed by atoms with Crippen LogP contribution in [0.2, 0.25) is 0 Å². The molecule has 0 aromatic carbocycles. The number of rotatable bonds is 8. The summed E-state index contributed by atoms with van der Waals surface area (Å²) in [5.41, 5.74) is 5.45. The lowest BCUT2D eigenvalue weighted by molar-refractivity contribution is -0.121. The van der Waals surface area contributed by atoms with E-state index in [1.54, 1.807) is 6.07 Å². The predicted octanol–water partition coefficient (Wildman–Crippen LogP) is 0.647. The number of hydrogen-bond acceptors (Lipinski definition) is 5. The van der Waals surface area contributed by atoms with E-state index in [1.807, 2.05) is 13.8 Å². The van der Waals surface area contributed by atoms with Crippen molar-refractivity contribution in [1.29, 1.82) is 0 Å². The Morgan fingerprint density at radius 2 is 2.10 bits per heavy atom. The lowest BCUT2D eigenvalue weighted by Gasteiger charge is -2.08. The molecule has 0 bridgehead atoms. The van der Waals surface area contributed by atoms with Gasteiger partial charge in [0.15, 0.2) is 0 Å². The lowest BCUT2D eigenvalue weighted by atomic mass is 10.2. The summed E-state index contributed by atoms with van der Waals surface area (Å²) in [4.78, 5) is 12.3. The van der Waals surface area contributed by atoms with Crippen molar-refractivity contribution in [2.24, 2.45) is 11.7 Å². The molecule has 1 rings (SSSR count). The fourth-order valence-electron chi connectivity index (χ4n) is 1.39. The first-order chi connectivity index (χ1) is 9.35. The topological polar surface area (TPSA) is 101 Å². The molecule has 0 radical (unpaired) electrons. The molecule has 0 aliphatic carbocycles. The van der Waals surface area contributed by atoms with Gasteiger partial charge >= 0.3 is 0 Å². The van der Waals surface area contributed by atoms with Crippen molar-refractivity contribution in [1.82, 2.24) is 10.0 Å². The molecule has 0 fully saturated rings. The van der Waals surface area contributed by atoms with E-state index in [1.165, 1.54) is 6.07 Å². The number of carbonyl (C=O) groups excluding carboxylic acids is 1. The number of hydrogen-bond donors (Lipinski definition) is 3. The number of amides is 1. The van der Waals surface area contributed by atoms with Crippen LogP contribution >= 0.6 is 11.3 Å². The molecule has 0 aliphatic rings. The number of carbonyl (C=O) groups is 1. The zero-order chi connectivity index (χ0) is 15.2. The number of sulfonamides is 1. The van der Waals surface area contributed by atoms with E-state index in [4.69, 9.17) is 5.73 Å². The summed E-state index contributed by atoms with van der Waals surface area (Å²) in [5, 5.41) is 2.73. The van der Waals surface area contributed by atoms with Crippen molar-refractivity contribution in [3.05, 3.63) is 17.0 Å². The normalized spacial score (nSPS) is 11.8. The van der Waals surface area contributed by atoms with Crippen molar-refractivity contribution in [3.63, 3.8) is 0 Å². The third-order valence-corrected chi connectivity index (χ3v) is 5.52. The summed E-state index contributed by atoms with van der Waals surface area (Å²) >= 11 is 1.14. The first-order valence-electron chi connectivity index (χ1n) is 6.40. The standard InChI is InChI=1S/C12H21N3O3S2/c1-9(2)8-14-11(16)5-6-15-20(17,18)12-4-3-10(7-13)19-12/h3-4,9,15H,5-8,13H2,1-2H3,(H,14,16). The van der Waals surface area contributed by atoms with Crippen molar-refractivity contribution in [2.75, 3.05) is 13.1 Å². The van der Waals surface area contributed by atoms with Gasteiger partial charge in [0, 0.05) is 30.9 Å². The van der Waals surface area contributed by atoms with Gasteiger partial charge in [-0.05, 0) is 18.1 Å². The second-order valence-electron chi connectivity index (χ2n) is 4.77. The van der Waals surface area contributed by atoms with Crippen LogP contribution in [-0.4, -0.2) is 27.4 Å². The Morgan fingerprint density at radius 1 is 1.40 bits per heavy atom. The minimum Gasteiger partial charge on any atom is -0.356 e. The highest BCUT2D eigenvalue weighted by atomic mass is 32.2. The molecule has 0 saturated carbocycles. The molecular formula is C12H21N3O3S2. The van der Waals surface area contributed by atoms with Crippen LogP contribution in [0.1, 0.15) is 25.1 Å². The van der Waals surface area contributed by atoms with Gasteiger partial charge < -0.3 is 11.1 Å². The molecule has 1 aromatic rings. The predicted molar refractivity (Wildman–Crippen MR) is 79.9 cm³/mol. The van der Waals surface area contributed by atoms with Crippen LogP contribution < -0.4 is 15.8 Å². The molecule has 114 valence electrons. The summed E-state index contributed by atoms with van der Waals surface area (Å²) in [7, 11) is -3.54. The summed E-state index contributed by atoms with van der Waals surface area (Å²) in [5.74, 6) is 0.215. The van der Waals surface area contributed by atoms with Gasteiger partial charge in [-0.15, -0.1) is 11.3 Å². The van der Waals surface area contributed by atoms with Gasteiger partial charge in [-0.2, -0.15) is 0 Å². The van der Waals surface area contributed by atoms with E-state index < -0.39 is 10.0 Å². The average molecular weight is 319 g/mol. The Kier molecular flexibility index (Phi) is 6.60. The minimum atomic E-state index is -3.54. The number of nitrogens with two attached hydrogens (primary N) is 1. The Hall–Kier alpha value is -0.960. The third kappa shape index (κ3) is 5.58. The monoisotopic (exact) mass is 319 g/mol. The molecule has 0 unspecified atom stereocenters. The van der Waals surface area contributed by atoms with Crippen LogP contribution in [0, 0.1) is 5.92 Å². The van der Waals surface area contributed by atoms with Crippen molar-refractivity contribution in [3.8, 4) is 0 Å². The highest BCUT2D eigenvalue weighted by Gasteiger charge is 2.16. The molecule has 8 heteroatoms. The fraction of sp³-hybridized carbons (Fsp3) is 0.583. The smallest absolute Gasteiger partial charge is 0.250 e. The molecule has 1 amide bonds. The Morgan fingerprint density at radius 3 is 2.65 bits per heavy atom. The zero-order valence-electron chi connectivity index (χ0n) is 11.7. The second-order valence-corrected chi connectivity index (χ2v) is 7.93. The van der Waals surface area contributed by atoms with Crippen LogP contribution in [-0.2, 0) is 21.4 Å². The highest BCUT2D eigenvalue weighted by molar-refractivity contribution is 7.91. The zero-order valence-corrected chi connectivity index (χ0v) is 13.3. The van der Waals surface area contributed by atoms with Gasteiger partial charge in [0.1, 0.15) is 4.21 Å². The number of nitrogens with one attached hydrogen (secondary N) is 2. The molecule has 6 nitrogen and oxygen atoms in total. The fourth-order valence-corrected chi connectivity index (χ4v) is 3.70. The quantitative estimate of drug-likeness (QED) is 0.654. The summed E-state index contributed by atoms with van der Waals surface area (Å²) in [6, 6.07) is 3.21. The van der Waals surface area contributed by atoms with Crippen LogP contribution in [0.4, 0.5) is 0 Å². The second kappa shape index (κ2) is 7.72. The molecule has 0 spiro atoms. The van der Waals surface area contributed by atoms with Gasteiger partial charge in [0.2, 0.25) is 15.9 Å². The van der Waals surface area contributed by atoms with E-state index in [9.17, 15) is 13.2 Å². The van der Waals surface area contributed by atoms with Crippen molar-refractivity contribution < 1.29 is 13.2 Å². The van der Waals surface area contributed by atoms with Crippen LogP contribution in [0.5, 0.6) is 0 Å². The Balaban J connectivity index is 2.42.